The van der Waals surface area contributed by atoms with Crippen molar-refractivity contribution in [2.45, 2.75) is 393 Å². The summed E-state index contributed by atoms with van der Waals surface area (Å²) in [7, 11) is -9.91. The highest BCUT2D eigenvalue weighted by atomic mass is 31.2. The predicted octanol–water partition coefficient (Wildman–Crippen LogP) is 21.2. The molecular formula is C73H140O17P2. The molecule has 0 radical (unpaired) electrons. The van der Waals surface area contributed by atoms with Crippen molar-refractivity contribution < 1.29 is 80.2 Å². The number of carbonyl (C=O) groups excluding carboxylic acids is 4. The van der Waals surface area contributed by atoms with Crippen LogP contribution in [0.15, 0.2) is 12.2 Å². The molecule has 5 atom stereocenters. The molecule has 0 saturated heterocycles. The van der Waals surface area contributed by atoms with E-state index in [9.17, 15) is 43.2 Å². The Bertz CT molecular complexity index is 1800. The number of hydrogen-bond acceptors (Lipinski definition) is 15. The molecule has 0 aromatic carbocycles. The average Bonchev–Trinajstić information content (AvgIpc) is 3.74. The molecule has 0 heterocycles. The van der Waals surface area contributed by atoms with Crippen molar-refractivity contribution >= 4 is 39.5 Å². The number of phosphoric acid groups is 2. The van der Waals surface area contributed by atoms with Crippen molar-refractivity contribution in [2.24, 2.45) is 0 Å². The Labute approximate surface area is 561 Å². The maximum Gasteiger partial charge on any atom is 0.472 e. The molecule has 3 N–H and O–H groups in total. The number of rotatable bonds is 73. The molecule has 0 fully saturated rings. The van der Waals surface area contributed by atoms with E-state index in [1.54, 1.807) is 0 Å². The molecule has 0 saturated carbocycles. The van der Waals surface area contributed by atoms with E-state index < -0.39 is 97.5 Å². The van der Waals surface area contributed by atoms with E-state index >= 15 is 0 Å². The van der Waals surface area contributed by atoms with E-state index in [-0.39, 0.29) is 25.7 Å². The molecule has 92 heavy (non-hydrogen) atoms. The fraction of sp³-hybridized carbons (Fsp3) is 0.918. The number of ether oxygens (including phenoxy) is 4. The lowest BCUT2D eigenvalue weighted by Gasteiger charge is -2.21. The lowest BCUT2D eigenvalue weighted by Crippen LogP contribution is -2.30. The zero-order chi connectivity index (χ0) is 67.5. The zero-order valence-corrected chi connectivity index (χ0v) is 61.1. The normalized spacial score (nSPS) is 14.0. The second kappa shape index (κ2) is 67.4. The molecule has 19 heteroatoms. The molecule has 17 nitrogen and oxygen atoms in total. The van der Waals surface area contributed by atoms with Gasteiger partial charge >= 0.3 is 39.5 Å². The maximum atomic E-state index is 13.0. The van der Waals surface area contributed by atoms with Crippen molar-refractivity contribution in [2.75, 3.05) is 39.6 Å². The molecule has 0 rings (SSSR count). The van der Waals surface area contributed by atoms with Gasteiger partial charge in [0.2, 0.25) is 0 Å². The number of unbranched alkanes of at least 4 members (excludes halogenated alkanes) is 45. The first-order valence-electron chi connectivity index (χ1n) is 37.9. The van der Waals surface area contributed by atoms with Crippen molar-refractivity contribution in [3.8, 4) is 0 Å². The number of aliphatic hydroxyl groups excluding tert-OH is 1. The summed E-state index contributed by atoms with van der Waals surface area (Å²) in [6.07, 6.45) is 57.8. The van der Waals surface area contributed by atoms with Crippen LogP contribution in [-0.4, -0.2) is 96.7 Å². The van der Waals surface area contributed by atoms with Crippen LogP contribution >= 0.6 is 15.6 Å². The van der Waals surface area contributed by atoms with E-state index in [4.69, 9.17) is 37.0 Å². The Balaban J connectivity index is 5.25. The summed E-state index contributed by atoms with van der Waals surface area (Å²) in [5, 5.41) is 10.6. The van der Waals surface area contributed by atoms with Crippen LogP contribution in [-0.2, 0) is 65.4 Å². The summed E-state index contributed by atoms with van der Waals surface area (Å²) in [6.45, 7) is 4.92. The van der Waals surface area contributed by atoms with Crippen LogP contribution in [0.25, 0.3) is 0 Å². The topological polar surface area (TPSA) is 237 Å². The fourth-order valence-electron chi connectivity index (χ4n) is 10.9. The van der Waals surface area contributed by atoms with Gasteiger partial charge in [0.1, 0.15) is 19.3 Å². The molecule has 0 aromatic rings. The number of allylic oxidation sites excluding steroid dienone is 2. The van der Waals surface area contributed by atoms with Gasteiger partial charge < -0.3 is 33.8 Å². The van der Waals surface area contributed by atoms with Crippen LogP contribution in [0.1, 0.15) is 374 Å². The number of phosphoric ester groups is 2. The van der Waals surface area contributed by atoms with E-state index in [1.165, 1.54) is 193 Å². The summed E-state index contributed by atoms with van der Waals surface area (Å²) in [5.74, 6) is -2.13. The third-order valence-corrected chi connectivity index (χ3v) is 18.7. The average molecular weight is 1350 g/mol. The number of hydrogen-bond donors (Lipinski definition) is 3. The third-order valence-electron chi connectivity index (χ3n) is 16.8. The van der Waals surface area contributed by atoms with Crippen LogP contribution in [0, 0.1) is 0 Å². The van der Waals surface area contributed by atoms with Crippen molar-refractivity contribution in [3.05, 3.63) is 12.2 Å². The molecule has 0 aromatic heterocycles. The minimum Gasteiger partial charge on any atom is -0.462 e. The van der Waals surface area contributed by atoms with Crippen molar-refractivity contribution in [3.63, 3.8) is 0 Å². The second-order valence-electron chi connectivity index (χ2n) is 26.0. The standard InChI is InChI=1S/C73H140O17P2/c1-5-9-13-17-21-25-29-32-33-36-39-42-46-50-54-58-71(76)84-63-68(89-72(77)59-55-51-47-43-37-28-24-20-16-12-8-4)65-87-91(79,80)85-61-67(74)62-86-92(81,82)88-66-69(90-73(78)60-56-52-48-44-40-35-31-27-23-19-15-11-7-3)64-83-70(75)57-53-49-45-41-38-34-30-26-22-18-14-10-6-2/h20,24,67-69,74H,5-19,21-23,25-66H2,1-4H3,(H,79,80)(H,81,82)/b24-20-. The molecule has 0 aliphatic rings. The summed E-state index contributed by atoms with van der Waals surface area (Å²) in [5.41, 5.74) is 0. The SMILES string of the molecule is CCCC/C=C\CCCCCCCC(=O)OC(COC(=O)CCCCCCCCCCCCCCCCC)COP(=O)(O)OCC(O)COP(=O)(O)OCC(COC(=O)CCCCCCCCCCCCCCC)OC(=O)CCCCCCCCCCCCCCC. The molecular weight excluding hydrogens is 1210 g/mol. The summed E-state index contributed by atoms with van der Waals surface area (Å²) >= 11 is 0. The van der Waals surface area contributed by atoms with E-state index in [0.29, 0.717) is 25.7 Å². The van der Waals surface area contributed by atoms with Gasteiger partial charge in [-0.05, 0) is 44.9 Å². The monoisotopic (exact) mass is 1350 g/mol. The Kier molecular flexibility index (Phi) is 65.8. The van der Waals surface area contributed by atoms with Gasteiger partial charge in [-0.25, -0.2) is 9.13 Å². The van der Waals surface area contributed by atoms with Crippen LogP contribution in [0.2, 0.25) is 0 Å². The Morgan fingerprint density at radius 3 is 0.783 bits per heavy atom. The zero-order valence-electron chi connectivity index (χ0n) is 59.3. The van der Waals surface area contributed by atoms with Gasteiger partial charge in [0.05, 0.1) is 26.4 Å². The molecule has 0 amide bonds. The van der Waals surface area contributed by atoms with Crippen molar-refractivity contribution in [1.82, 2.24) is 0 Å². The highest BCUT2D eigenvalue weighted by molar-refractivity contribution is 7.47. The van der Waals surface area contributed by atoms with E-state index in [1.807, 2.05) is 0 Å². The number of esters is 4. The van der Waals surface area contributed by atoms with Gasteiger partial charge in [-0.3, -0.25) is 37.3 Å². The maximum absolute atomic E-state index is 13.0. The van der Waals surface area contributed by atoms with Gasteiger partial charge in [-0.1, -0.05) is 316 Å². The molecule has 0 bridgehead atoms. The number of carbonyl (C=O) groups is 4. The minimum absolute atomic E-state index is 0.0940. The largest absolute Gasteiger partial charge is 0.472 e. The van der Waals surface area contributed by atoms with E-state index in [0.717, 1.165) is 103 Å². The molecule has 0 aliphatic heterocycles. The molecule has 544 valence electrons. The van der Waals surface area contributed by atoms with Gasteiger partial charge in [0, 0.05) is 25.7 Å². The second-order valence-corrected chi connectivity index (χ2v) is 28.9. The lowest BCUT2D eigenvalue weighted by molar-refractivity contribution is -0.161. The lowest BCUT2D eigenvalue weighted by atomic mass is 10.0. The first-order chi connectivity index (χ1) is 44.7. The third kappa shape index (κ3) is 66.4. The van der Waals surface area contributed by atoms with Gasteiger partial charge in [-0.2, -0.15) is 0 Å². The van der Waals surface area contributed by atoms with Crippen LogP contribution in [0.5, 0.6) is 0 Å². The summed E-state index contributed by atoms with van der Waals surface area (Å²) in [4.78, 5) is 72.7. The first-order valence-corrected chi connectivity index (χ1v) is 40.9. The highest BCUT2D eigenvalue weighted by Gasteiger charge is 2.30. The highest BCUT2D eigenvalue weighted by Crippen LogP contribution is 2.45. The van der Waals surface area contributed by atoms with Crippen LogP contribution in [0.4, 0.5) is 0 Å². The predicted molar refractivity (Wildman–Crippen MR) is 372 cm³/mol. The van der Waals surface area contributed by atoms with E-state index in [2.05, 4.69) is 39.8 Å². The van der Waals surface area contributed by atoms with Gasteiger partial charge in [-0.15, -0.1) is 0 Å². The Morgan fingerprint density at radius 2 is 0.511 bits per heavy atom. The first kappa shape index (κ1) is 89.8. The molecule has 0 spiro atoms. The molecule has 0 aliphatic carbocycles. The Hall–Kier alpha value is -2.20. The van der Waals surface area contributed by atoms with Crippen LogP contribution < -0.4 is 0 Å². The smallest absolute Gasteiger partial charge is 0.462 e. The van der Waals surface area contributed by atoms with Crippen molar-refractivity contribution in [1.29, 1.82) is 0 Å². The Morgan fingerprint density at radius 1 is 0.293 bits per heavy atom. The summed E-state index contributed by atoms with van der Waals surface area (Å²) < 4.78 is 68.4. The molecule has 5 unspecified atom stereocenters. The summed E-state index contributed by atoms with van der Waals surface area (Å²) in [6, 6.07) is 0. The fourth-order valence-corrected chi connectivity index (χ4v) is 12.5. The quantitative estimate of drug-likeness (QED) is 0.0169. The van der Waals surface area contributed by atoms with Gasteiger partial charge in [0.15, 0.2) is 12.2 Å². The van der Waals surface area contributed by atoms with Gasteiger partial charge in [0.25, 0.3) is 0 Å². The number of aliphatic hydroxyl groups is 1. The minimum atomic E-state index is -4.96. The van der Waals surface area contributed by atoms with Crippen LogP contribution in [0.3, 0.4) is 0 Å².